The Balaban J connectivity index is 2.12. The first-order valence-electron chi connectivity index (χ1n) is 8.14. The number of fused-ring (bicyclic) bond motifs is 2. The van der Waals surface area contributed by atoms with E-state index in [0.29, 0.717) is 28.4 Å². The van der Waals surface area contributed by atoms with Crippen molar-refractivity contribution in [1.82, 2.24) is 10.3 Å². The number of pyridine rings is 1. The standard InChI is InChI=1S/C18H20N4O4/c1-9(2)17(23)22-16-15-13(10(8-20-16)18(24)19-3)21-14-11(25-4)6-5-7-12(14)26-15/h5-9,21H,1-4H3,(H,19,24)(H,20,22,23). The normalized spacial score (nSPS) is 11.6. The van der Waals surface area contributed by atoms with Gasteiger partial charge in [0.2, 0.25) is 5.91 Å². The van der Waals surface area contributed by atoms with Gasteiger partial charge in [0.15, 0.2) is 17.3 Å². The smallest absolute Gasteiger partial charge is 0.254 e. The van der Waals surface area contributed by atoms with Crippen LogP contribution in [0.4, 0.5) is 17.2 Å². The summed E-state index contributed by atoms with van der Waals surface area (Å²) in [4.78, 5) is 28.5. The third-order valence-electron chi connectivity index (χ3n) is 3.94. The zero-order valence-electron chi connectivity index (χ0n) is 15.0. The van der Waals surface area contributed by atoms with Crippen molar-refractivity contribution in [3.8, 4) is 17.2 Å². The van der Waals surface area contributed by atoms with Gasteiger partial charge in [0.25, 0.3) is 5.91 Å². The second kappa shape index (κ2) is 6.91. The molecule has 3 N–H and O–H groups in total. The van der Waals surface area contributed by atoms with Crippen LogP contribution in [0.25, 0.3) is 0 Å². The number of benzene rings is 1. The minimum absolute atomic E-state index is 0.201. The van der Waals surface area contributed by atoms with Crippen LogP contribution < -0.4 is 25.4 Å². The molecule has 0 fully saturated rings. The average molecular weight is 356 g/mol. The molecule has 1 aromatic heterocycles. The highest BCUT2D eigenvalue weighted by Crippen LogP contribution is 2.49. The quantitative estimate of drug-likeness (QED) is 0.664. The Hall–Kier alpha value is -3.29. The van der Waals surface area contributed by atoms with Crippen LogP contribution in [0, 0.1) is 5.92 Å². The van der Waals surface area contributed by atoms with Gasteiger partial charge in [-0.2, -0.15) is 0 Å². The fourth-order valence-corrected chi connectivity index (χ4v) is 2.50. The highest BCUT2D eigenvalue weighted by Gasteiger charge is 2.28. The molecule has 136 valence electrons. The number of hydrogen-bond acceptors (Lipinski definition) is 6. The van der Waals surface area contributed by atoms with E-state index in [1.54, 1.807) is 39.2 Å². The fraction of sp³-hybridized carbons (Fsp3) is 0.278. The molecule has 1 aliphatic heterocycles. The van der Waals surface area contributed by atoms with Crippen LogP contribution in [0.15, 0.2) is 24.4 Å². The monoisotopic (exact) mass is 356 g/mol. The van der Waals surface area contributed by atoms with E-state index in [4.69, 9.17) is 9.47 Å². The topological polar surface area (TPSA) is 102 Å². The van der Waals surface area contributed by atoms with Gasteiger partial charge in [-0.3, -0.25) is 9.59 Å². The van der Waals surface area contributed by atoms with Gasteiger partial charge in [-0.15, -0.1) is 0 Å². The van der Waals surface area contributed by atoms with Crippen molar-refractivity contribution < 1.29 is 19.1 Å². The number of nitrogens with zero attached hydrogens (tertiary/aromatic N) is 1. The van der Waals surface area contributed by atoms with Gasteiger partial charge in [0, 0.05) is 19.2 Å². The molecule has 2 amide bonds. The minimum atomic E-state index is -0.329. The van der Waals surface area contributed by atoms with E-state index in [-0.39, 0.29) is 29.3 Å². The van der Waals surface area contributed by atoms with Gasteiger partial charge in [-0.1, -0.05) is 19.9 Å². The summed E-state index contributed by atoms with van der Waals surface area (Å²) in [6, 6.07) is 5.32. The molecule has 1 aliphatic rings. The van der Waals surface area contributed by atoms with E-state index in [1.165, 1.54) is 13.2 Å². The number of ether oxygens (including phenoxy) is 2. The molecule has 0 radical (unpaired) electrons. The number of carbonyl (C=O) groups excluding carboxylic acids is 2. The van der Waals surface area contributed by atoms with Crippen molar-refractivity contribution in [1.29, 1.82) is 0 Å². The molecule has 2 aromatic rings. The lowest BCUT2D eigenvalue weighted by Crippen LogP contribution is -2.23. The van der Waals surface area contributed by atoms with E-state index < -0.39 is 0 Å². The summed E-state index contributed by atoms with van der Waals surface area (Å²) in [6.07, 6.45) is 1.39. The second-order valence-electron chi connectivity index (χ2n) is 6.01. The fourth-order valence-electron chi connectivity index (χ4n) is 2.50. The molecule has 26 heavy (non-hydrogen) atoms. The first-order chi connectivity index (χ1) is 12.5. The molecule has 0 spiro atoms. The van der Waals surface area contributed by atoms with Crippen LogP contribution in [0.2, 0.25) is 0 Å². The number of carbonyl (C=O) groups is 2. The number of methoxy groups -OCH3 is 1. The summed E-state index contributed by atoms with van der Waals surface area (Å²) in [5.41, 5.74) is 1.30. The molecule has 8 nitrogen and oxygen atoms in total. The zero-order valence-corrected chi connectivity index (χ0v) is 15.0. The van der Waals surface area contributed by atoms with Crippen molar-refractivity contribution >= 4 is 29.0 Å². The Morgan fingerprint density at radius 3 is 2.69 bits per heavy atom. The third kappa shape index (κ3) is 3.01. The highest BCUT2D eigenvalue weighted by atomic mass is 16.5. The highest BCUT2D eigenvalue weighted by molar-refractivity contribution is 6.05. The number of para-hydroxylation sites is 1. The lowest BCUT2D eigenvalue weighted by molar-refractivity contribution is -0.118. The summed E-state index contributed by atoms with van der Waals surface area (Å²) in [5, 5.41) is 8.49. The first-order valence-corrected chi connectivity index (χ1v) is 8.14. The molecule has 0 atom stereocenters. The number of anilines is 3. The molecule has 0 aliphatic carbocycles. The van der Waals surface area contributed by atoms with Gasteiger partial charge in [-0.05, 0) is 12.1 Å². The Bertz CT molecular complexity index is 880. The molecule has 0 saturated heterocycles. The van der Waals surface area contributed by atoms with Crippen LogP contribution in [0.3, 0.4) is 0 Å². The molecular weight excluding hydrogens is 336 g/mol. The van der Waals surface area contributed by atoms with Gasteiger partial charge < -0.3 is 25.4 Å². The van der Waals surface area contributed by atoms with Crippen molar-refractivity contribution in [2.45, 2.75) is 13.8 Å². The summed E-state index contributed by atoms with van der Waals surface area (Å²) < 4.78 is 11.3. The maximum absolute atomic E-state index is 12.2. The summed E-state index contributed by atoms with van der Waals surface area (Å²) >= 11 is 0. The van der Waals surface area contributed by atoms with Crippen LogP contribution in [-0.4, -0.2) is 31.0 Å². The predicted octanol–water partition coefficient (Wildman–Crippen LogP) is 2.89. The van der Waals surface area contributed by atoms with Crippen LogP contribution >= 0.6 is 0 Å². The predicted molar refractivity (Wildman–Crippen MR) is 97.4 cm³/mol. The Morgan fingerprint density at radius 1 is 1.27 bits per heavy atom. The molecule has 3 rings (SSSR count). The molecule has 8 heteroatoms. The van der Waals surface area contributed by atoms with Crippen LogP contribution in [0.5, 0.6) is 17.2 Å². The van der Waals surface area contributed by atoms with E-state index in [9.17, 15) is 9.59 Å². The molecule has 2 heterocycles. The second-order valence-corrected chi connectivity index (χ2v) is 6.01. The third-order valence-corrected chi connectivity index (χ3v) is 3.94. The molecular formula is C18H20N4O4. The first kappa shape index (κ1) is 17.5. The van der Waals surface area contributed by atoms with E-state index in [2.05, 4.69) is 20.9 Å². The molecule has 1 aromatic carbocycles. The molecule has 0 saturated carbocycles. The summed E-state index contributed by atoms with van der Waals surface area (Å²) in [5.74, 6) is 0.842. The van der Waals surface area contributed by atoms with Crippen molar-refractivity contribution in [3.05, 3.63) is 30.0 Å². The van der Waals surface area contributed by atoms with Crippen molar-refractivity contribution in [3.63, 3.8) is 0 Å². The van der Waals surface area contributed by atoms with E-state index >= 15 is 0 Å². The lowest BCUT2D eigenvalue weighted by atomic mass is 10.1. The molecule has 0 bridgehead atoms. The van der Waals surface area contributed by atoms with Crippen LogP contribution in [0.1, 0.15) is 24.2 Å². The number of aromatic nitrogens is 1. The van der Waals surface area contributed by atoms with Crippen LogP contribution in [-0.2, 0) is 4.79 Å². The summed E-state index contributed by atoms with van der Waals surface area (Å²) in [6.45, 7) is 3.56. The maximum Gasteiger partial charge on any atom is 0.254 e. The van der Waals surface area contributed by atoms with E-state index in [0.717, 1.165) is 0 Å². The van der Waals surface area contributed by atoms with E-state index in [1.807, 2.05) is 0 Å². The van der Waals surface area contributed by atoms with Crippen molar-refractivity contribution in [2.75, 3.05) is 24.8 Å². The summed E-state index contributed by atoms with van der Waals surface area (Å²) in [7, 11) is 3.08. The Labute approximate surface area is 150 Å². The largest absolute Gasteiger partial charge is 0.494 e. The van der Waals surface area contributed by atoms with Gasteiger partial charge in [0.1, 0.15) is 17.1 Å². The number of hydrogen-bond donors (Lipinski definition) is 3. The van der Waals surface area contributed by atoms with Crippen molar-refractivity contribution in [2.24, 2.45) is 5.92 Å². The van der Waals surface area contributed by atoms with Gasteiger partial charge >= 0.3 is 0 Å². The number of amides is 2. The number of rotatable bonds is 4. The Morgan fingerprint density at radius 2 is 2.04 bits per heavy atom. The molecule has 0 unspecified atom stereocenters. The Kier molecular flexibility index (Phi) is 4.66. The lowest BCUT2D eigenvalue weighted by Gasteiger charge is -2.26. The van der Waals surface area contributed by atoms with Gasteiger partial charge in [-0.25, -0.2) is 4.98 Å². The zero-order chi connectivity index (χ0) is 18.8. The minimum Gasteiger partial charge on any atom is -0.494 e. The maximum atomic E-state index is 12.2. The number of nitrogens with one attached hydrogen (secondary N) is 3. The SMILES string of the molecule is CNC(=O)c1cnc(NC(=O)C(C)C)c2c1Nc1c(OC)cccc1O2. The van der Waals surface area contributed by atoms with Gasteiger partial charge in [0.05, 0.1) is 12.7 Å². The average Bonchev–Trinajstić information content (AvgIpc) is 2.65.